The van der Waals surface area contributed by atoms with Crippen LogP contribution in [0.15, 0.2) is 23.1 Å². The van der Waals surface area contributed by atoms with Gasteiger partial charge in [0.15, 0.2) is 0 Å². The van der Waals surface area contributed by atoms with Crippen molar-refractivity contribution in [2.24, 2.45) is 11.8 Å². The second-order valence-electron chi connectivity index (χ2n) is 7.77. The first-order chi connectivity index (χ1) is 11.9. The molecule has 0 spiro atoms. The van der Waals surface area contributed by atoms with Crippen LogP contribution in [0.4, 0.5) is 4.39 Å². The van der Waals surface area contributed by atoms with Crippen molar-refractivity contribution in [3.63, 3.8) is 0 Å². The molecule has 25 heavy (non-hydrogen) atoms. The summed E-state index contributed by atoms with van der Waals surface area (Å²) in [6.07, 6.45) is 4.37. The number of likely N-dealkylation sites (tertiary alicyclic amines) is 1. The second-order valence-corrected chi connectivity index (χ2v) is 9.70. The highest BCUT2D eigenvalue weighted by Gasteiger charge is 2.31. The van der Waals surface area contributed by atoms with Crippen LogP contribution in [0.1, 0.15) is 38.2 Å². The molecule has 2 aliphatic rings. The number of benzene rings is 1. The third-order valence-corrected chi connectivity index (χ3v) is 7.51. The van der Waals surface area contributed by atoms with Crippen molar-refractivity contribution in [2.45, 2.75) is 44.4 Å². The van der Waals surface area contributed by atoms with Crippen LogP contribution >= 0.6 is 0 Å². The van der Waals surface area contributed by atoms with Crippen LogP contribution in [0.3, 0.4) is 0 Å². The Kier molecular flexibility index (Phi) is 5.81. The maximum atomic E-state index is 13.7. The van der Waals surface area contributed by atoms with Gasteiger partial charge in [-0.15, -0.1) is 0 Å². The molecule has 0 saturated carbocycles. The molecular weight excluding hydrogens is 339 g/mol. The molecule has 0 amide bonds. The molecule has 2 heterocycles. The zero-order valence-electron chi connectivity index (χ0n) is 15.2. The van der Waals surface area contributed by atoms with Crippen molar-refractivity contribution in [1.82, 2.24) is 9.21 Å². The van der Waals surface area contributed by atoms with E-state index in [1.165, 1.54) is 42.4 Å². The Hall–Kier alpha value is -0.980. The molecule has 0 unspecified atom stereocenters. The van der Waals surface area contributed by atoms with E-state index in [-0.39, 0.29) is 4.90 Å². The number of aryl methyl sites for hydroxylation is 1. The largest absolute Gasteiger partial charge is 0.303 e. The number of nitrogens with zero attached hydrogens (tertiary/aromatic N) is 2. The van der Waals surface area contributed by atoms with Gasteiger partial charge >= 0.3 is 0 Å². The van der Waals surface area contributed by atoms with Gasteiger partial charge in [-0.25, -0.2) is 12.8 Å². The molecule has 0 radical (unpaired) electrons. The van der Waals surface area contributed by atoms with Crippen LogP contribution in [0, 0.1) is 24.6 Å². The van der Waals surface area contributed by atoms with Crippen LogP contribution in [0.2, 0.25) is 0 Å². The van der Waals surface area contributed by atoms with E-state index in [2.05, 4.69) is 11.8 Å². The van der Waals surface area contributed by atoms with Gasteiger partial charge in [-0.1, -0.05) is 13.0 Å². The molecule has 2 saturated heterocycles. The highest BCUT2D eigenvalue weighted by molar-refractivity contribution is 7.89. The SMILES string of the molecule is Cc1ccc(S(=O)(=O)N2CCC(CN3CCC[C@H](C)C3)CC2)cc1F. The third kappa shape index (κ3) is 4.41. The van der Waals surface area contributed by atoms with Crippen LogP contribution in [-0.2, 0) is 10.0 Å². The van der Waals surface area contributed by atoms with E-state index in [1.807, 2.05) is 0 Å². The average Bonchev–Trinajstić information content (AvgIpc) is 2.58. The maximum absolute atomic E-state index is 13.7. The van der Waals surface area contributed by atoms with E-state index in [0.717, 1.165) is 31.4 Å². The predicted molar refractivity (Wildman–Crippen MR) is 97.5 cm³/mol. The summed E-state index contributed by atoms with van der Waals surface area (Å²) in [6.45, 7) is 8.43. The summed E-state index contributed by atoms with van der Waals surface area (Å²) in [5, 5.41) is 0. The Morgan fingerprint density at radius 2 is 1.88 bits per heavy atom. The van der Waals surface area contributed by atoms with E-state index < -0.39 is 15.8 Å². The number of halogens is 1. The van der Waals surface area contributed by atoms with Gasteiger partial charge in [0, 0.05) is 26.2 Å². The molecule has 2 aliphatic heterocycles. The number of piperidine rings is 2. The monoisotopic (exact) mass is 368 g/mol. The minimum Gasteiger partial charge on any atom is -0.303 e. The summed E-state index contributed by atoms with van der Waals surface area (Å²) in [7, 11) is -3.59. The molecule has 2 fully saturated rings. The van der Waals surface area contributed by atoms with Crippen LogP contribution < -0.4 is 0 Å². The van der Waals surface area contributed by atoms with Gasteiger partial charge in [0.05, 0.1) is 4.90 Å². The summed E-state index contributed by atoms with van der Waals surface area (Å²) in [5.74, 6) is 0.868. The fourth-order valence-electron chi connectivity index (χ4n) is 4.03. The van der Waals surface area contributed by atoms with Crippen molar-refractivity contribution < 1.29 is 12.8 Å². The fourth-order valence-corrected chi connectivity index (χ4v) is 5.52. The summed E-state index contributed by atoms with van der Waals surface area (Å²) >= 11 is 0. The minimum absolute atomic E-state index is 0.0684. The summed E-state index contributed by atoms with van der Waals surface area (Å²) in [4.78, 5) is 2.61. The average molecular weight is 369 g/mol. The molecule has 6 heteroatoms. The second kappa shape index (κ2) is 7.72. The van der Waals surface area contributed by atoms with Gasteiger partial charge in [0.1, 0.15) is 5.82 Å². The Bertz CT molecular complexity index is 699. The quantitative estimate of drug-likeness (QED) is 0.819. The zero-order chi connectivity index (χ0) is 18.0. The number of sulfonamides is 1. The smallest absolute Gasteiger partial charge is 0.243 e. The highest BCUT2D eigenvalue weighted by Crippen LogP contribution is 2.26. The van der Waals surface area contributed by atoms with Crippen molar-refractivity contribution >= 4 is 10.0 Å². The Labute approximate surface area is 151 Å². The van der Waals surface area contributed by atoms with Gasteiger partial charge in [-0.05, 0) is 68.7 Å². The van der Waals surface area contributed by atoms with E-state index in [9.17, 15) is 12.8 Å². The first kappa shape index (κ1) is 18.8. The number of hydrogen-bond acceptors (Lipinski definition) is 3. The molecule has 4 nitrogen and oxygen atoms in total. The molecular formula is C19H29FN2O2S. The summed E-state index contributed by atoms with van der Waals surface area (Å²) < 4.78 is 40.7. The summed E-state index contributed by atoms with van der Waals surface area (Å²) in [6, 6.07) is 4.19. The molecule has 0 aliphatic carbocycles. The van der Waals surface area contributed by atoms with E-state index in [0.29, 0.717) is 24.6 Å². The molecule has 0 N–H and O–H groups in total. The van der Waals surface area contributed by atoms with Gasteiger partial charge in [0.2, 0.25) is 10.0 Å². The standard InChI is InChI=1S/C19H29FN2O2S/c1-15-4-3-9-21(13-15)14-17-7-10-22(11-8-17)25(23,24)18-6-5-16(2)19(20)12-18/h5-6,12,15,17H,3-4,7-11,13-14H2,1-2H3/t15-/m0/s1. The highest BCUT2D eigenvalue weighted by atomic mass is 32.2. The Balaban J connectivity index is 1.58. The molecule has 1 aromatic carbocycles. The summed E-state index contributed by atoms with van der Waals surface area (Å²) in [5.41, 5.74) is 0.466. The Morgan fingerprint density at radius 3 is 2.52 bits per heavy atom. The van der Waals surface area contributed by atoms with E-state index in [1.54, 1.807) is 6.92 Å². The maximum Gasteiger partial charge on any atom is 0.243 e. The first-order valence-corrected chi connectivity index (χ1v) is 10.8. The first-order valence-electron chi connectivity index (χ1n) is 9.35. The van der Waals surface area contributed by atoms with Crippen molar-refractivity contribution in [3.05, 3.63) is 29.6 Å². The van der Waals surface area contributed by atoms with E-state index >= 15 is 0 Å². The lowest BCUT2D eigenvalue weighted by Crippen LogP contribution is -2.43. The Morgan fingerprint density at radius 1 is 1.16 bits per heavy atom. The molecule has 1 aromatic rings. The van der Waals surface area contributed by atoms with Crippen molar-refractivity contribution in [3.8, 4) is 0 Å². The van der Waals surface area contributed by atoms with Gasteiger partial charge in [-0.2, -0.15) is 4.31 Å². The number of rotatable bonds is 4. The van der Waals surface area contributed by atoms with Gasteiger partial charge < -0.3 is 4.90 Å². The zero-order valence-corrected chi connectivity index (χ0v) is 16.1. The lowest BCUT2D eigenvalue weighted by molar-refractivity contribution is 0.136. The van der Waals surface area contributed by atoms with E-state index in [4.69, 9.17) is 0 Å². The third-order valence-electron chi connectivity index (χ3n) is 5.61. The minimum atomic E-state index is -3.59. The van der Waals surface area contributed by atoms with Crippen LogP contribution in [0.25, 0.3) is 0 Å². The predicted octanol–water partition coefficient (Wildman–Crippen LogP) is 3.27. The molecule has 0 bridgehead atoms. The van der Waals surface area contributed by atoms with Gasteiger partial charge in [0.25, 0.3) is 0 Å². The normalized spacial score (nSPS) is 24.5. The molecule has 140 valence electrons. The van der Waals surface area contributed by atoms with Crippen molar-refractivity contribution in [1.29, 1.82) is 0 Å². The molecule has 3 rings (SSSR count). The van der Waals surface area contributed by atoms with Gasteiger partial charge in [-0.3, -0.25) is 0 Å². The molecule has 1 atom stereocenters. The topological polar surface area (TPSA) is 40.6 Å². The molecule has 0 aromatic heterocycles. The van der Waals surface area contributed by atoms with Crippen LogP contribution in [0.5, 0.6) is 0 Å². The lowest BCUT2D eigenvalue weighted by Gasteiger charge is -2.37. The van der Waals surface area contributed by atoms with Crippen LogP contribution in [-0.4, -0.2) is 50.3 Å². The number of hydrogen-bond donors (Lipinski definition) is 0. The lowest BCUT2D eigenvalue weighted by atomic mass is 9.94. The fraction of sp³-hybridized carbons (Fsp3) is 0.684. The van der Waals surface area contributed by atoms with Crippen molar-refractivity contribution in [2.75, 3.05) is 32.7 Å².